The number of aromatic hydroxyl groups is 2. The molecule has 5 aromatic rings. The quantitative estimate of drug-likeness (QED) is 0.112. The minimum absolute atomic E-state index is 0. The molecule has 0 aliphatic heterocycles. The van der Waals surface area contributed by atoms with Crippen molar-refractivity contribution in [1.82, 2.24) is 0 Å². The summed E-state index contributed by atoms with van der Waals surface area (Å²) in [5, 5.41) is 42.0. The number of phenolic OH excluding ortho intramolecular Hbond substituents is 2. The summed E-state index contributed by atoms with van der Waals surface area (Å²) in [5.74, 6) is 0.355. The predicted octanol–water partition coefficient (Wildman–Crippen LogP) is 9.65. The van der Waals surface area contributed by atoms with Crippen LogP contribution in [0.4, 0.5) is 5.69 Å². The smallest absolute Gasteiger partial charge is 0.138 e. The Balaban J connectivity index is 0.000000672. The zero-order chi connectivity index (χ0) is 31.9. The molecule has 0 aromatic heterocycles. The summed E-state index contributed by atoms with van der Waals surface area (Å²) in [4.78, 5) is 4.86. The van der Waals surface area contributed by atoms with Crippen molar-refractivity contribution in [2.24, 2.45) is 4.99 Å². The van der Waals surface area contributed by atoms with Crippen LogP contribution in [0.25, 0.3) is 32.7 Å². The number of benzene rings is 5. The zero-order valence-corrected chi connectivity index (χ0v) is 29.6. The molecule has 5 nitrogen and oxygen atoms in total. The Hall–Kier alpha value is -3.00. The Bertz CT molecular complexity index is 1710. The molecule has 0 amide bonds. The molecule has 0 saturated heterocycles. The van der Waals surface area contributed by atoms with Gasteiger partial charge in [0.15, 0.2) is 0 Å². The van der Waals surface area contributed by atoms with E-state index >= 15 is 0 Å². The average Bonchev–Trinajstić information content (AvgIpc) is 2.92. The molecule has 0 radical (unpaired) electrons. The molecule has 0 atom stereocenters. The van der Waals surface area contributed by atoms with Crippen molar-refractivity contribution < 1.29 is 42.1 Å². The van der Waals surface area contributed by atoms with Gasteiger partial charge in [0, 0.05) is 56.8 Å². The SMILES string of the molecule is CC(C)(C)c1cc(Br)c(O)c(C=Nc2ccc3ccccc3c2-c2c(O)ccc3ccccc23)c1.CC(C)O.CC(C)O.[Ti]. The van der Waals surface area contributed by atoms with Gasteiger partial charge in [0.1, 0.15) is 11.5 Å². The van der Waals surface area contributed by atoms with Crippen molar-refractivity contribution in [3.8, 4) is 22.6 Å². The van der Waals surface area contributed by atoms with E-state index in [1.165, 1.54) is 0 Å². The second kappa shape index (κ2) is 16.4. The van der Waals surface area contributed by atoms with Gasteiger partial charge in [0.05, 0.1) is 10.2 Å². The normalized spacial score (nSPS) is 11.3. The van der Waals surface area contributed by atoms with Crippen LogP contribution in [-0.2, 0) is 27.1 Å². The van der Waals surface area contributed by atoms with E-state index in [0.717, 1.165) is 38.2 Å². The fourth-order valence-corrected chi connectivity index (χ4v) is 4.92. The van der Waals surface area contributed by atoms with Crippen LogP contribution in [0.2, 0.25) is 0 Å². The van der Waals surface area contributed by atoms with Gasteiger partial charge in [-0.25, -0.2) is 0 Å². The van der Waals surface area contributed by atoms with E-state index in [2.05, 4.69) is 48.8 Å². The molecule has 0 saturated carbocycles. The molecule has 0 spiro atoms. The van der Waals surface area contributed by atoms with E-state index in [1.54, 1.807) is 40.0 Å². The number of phenols is 2. The summed E-state index contributed by atoms with van der Waals surface area (Å²) >= 11 is 3.49. The molecule has 0 aliphatic carbocycles. The van der Waals surface area contributed by atoms with Crippen molar-refractivity contribution in [2.75, 3.05) is 0 Å². The molecule has 4 N–H and O–H groups in total. The van der Waals surface area contributed by atoms with Gasteiger partial charge in [-0.3, -0.25) is 4.99 Å². The number of halogens is 1. The Morgan fingerprint density at radius 3 is 1.70 bits per heavy atom. The van der Waals surface area contributed by atoms with Gasteiger partial charge in [-0.15, -0.1) is 0 Å². The number of aliphatic imine (C=N–C) groups is 1. The maximum absolute atomic E-state index is 11.0. The second-order valence-corrected chi connectivity index (χ2v) is 12.8. The molecular formula is C37H42BrNO4Ti. The molecular weight excluding hydrogens is 650 g/mol. The average molecular weight is 693 g/mol. The number of fused-ring (bicyclic) bond motifs is 2. The van der Waals surface area contributed by atoms with Crippen LogP contribution in [0, 0.1) is 0 Å². The number of hydrogen-bond donors (Lipinski definition) is 4. The minimum Gasteiger partial charge on any atom is -0.507 e. The van der Waals surface area contributed by atoms with Crippen LogP contribution < -0.4 is 0 Å². The summed E-state index contributed by atoms with van der Waals surface area (Å²) in [7, 11) is 0. The van der Waals surface area contributed by atoms with Gasteiger partial charge in [0.2, 0.25) is 0 Å². The third-order valence-corrected chi connectivity index (χ3v) is 6.97. The van der Waals surface area contributed by atoms with E-state index < -0.39 is 0 Å². The van der Waals surface area contributed by atoms with Gasteiger partial charge in [-0.1, -0.05) is 81.4 Å². The number of aliphatic hydroxyl groups excluding tert-OH is 2. The first kappa shape index (κ1) is 37.2. The van der Waals surface area contributed by atoms with E-state index in [4.69, 9.17) is 15.2 Å². The molecule has 0 fully saturated rings. The molecule has 0 heterocycles. The molecule has 5 aromatic carbocycles. The van der Waals surface area contributed by atoms with Crippen molar-refractivity contribution >= 4 is 49.4 Å². The summed E-state index contributed by atoms with van der Waals surface area (Å²) in [5.41, 5.74) is 3.97. The summed E-state index contributed by atoms with van der Waals surface area (Å²) in [6, 6.07) is 27.7. The zero-order valence-electron chi connectivity index (χ0n) is 26.4. The van der Waals surface area contributed by atoms with E-state index in [0.29, 0.717) is 15.7 Å². The number of hydrogen-bond acceptors (Lipinski definition) is 5. The molecule has 0 aliphatic rings. The summed E-state index contributed by atoms with van der Waals surface area (Å²) < 4.78 is 0.636. The summed E-state index contributed by atoms with van der Waals surface area (Å²) in [6.07, 6.45) is 1.37. The maximum Gasteiger partial charge on any atom is 0.138 e. The number of aliphatic hydroxyl groups is 2. The van der Waals surface area contributed by atoms with E-state index in [1.807, 2.05) is 66.7 Å². The number of nitrogens with zero attached hydrogens (tertiary/aromatic N) is 1. The third-order valence-electron chi connectivity index (χ3n) is 6.37. The largest absolute Gasteiger partial charge is 0.507 e. The first-order chi connectivity index (χ1) is 20.2. The van der Waals surface area contributed by atoms with Gasteiger partial charge in [-0.2, -0.15) is 0 Å². The third kappa shape index (κ3) is 9.75. The van der Waals surface area contributed by atoms with Crippen LogP contribution in [0.3, 0.4) is 0 Å². The fraction of sp³-hybridized carbons (Fsp3) is 0.270. The monoisotopic (exact) mass is 691 g/mol. The van der Waals surface area contributed by atoms with Gasteiger partial charge >= 0.3 is 0 Å². The second-order valence-electron chi connectivity index (χ2n) is 12.0. The van der Waals surface area contributed by atoms with Gasteiger partial charge in [-0.05, 0) is 100 Å². The van der Waals surface area contributed by atoms with Crippen molar-refractivity contribution in [3.63, 3.8) is 0 Å². The topological polar surface area (TPSA) is 93.3 Å². The molecule has 5 rings (SSSR count). The van der Waals surface area contributed by atoms with Crippen LogP contribution in [0.5, 0.6) is 11.5 Å². The van der Waals surface area contributed by atoms with Crippen molar-refractivity contribution in [2.45, 2.75) is 66.1 Å². The van der Waals surface area contributed by atoms with Crippen LogP contribution in [0.15, 0.2) is 94.4 Å². The van der Waals surface area contributed by atoms with Crippen LogP contribution >= 0.6 is 15.9 Å². The minimum atomic E-state index is -0.167. The Kier molecular flexibility index (Phi) is 13.8. The Morgan fingerprint density at radius 1 is 0.705 bits per heavy atom. The number of rotatable bonds is 3. The predicted molar refractivity (Wildman–Crippen MR) is 185 cm³/mol. The summed E-state index contributed by atoms with van der Waals surface area (Å²) in [6.45, 7) is 13.3. The molecule has 0 bridgehead atoms. The Labute approximate surface area is 284 Å². The van der Waals surface area contributed by atoms with E-state index in [-0.39, 0.29) is 50.8 Å². The van der Waals surface area contributed by atoms with Gasteiger partial charge in [0.25, 0.3) is 0 Å². The maximum atomic E-state index is 11.0. The first-order valence-electron chi connectivity index (χ1n) is 14.4. The molecule has 230 valence electrons. The molecule has 0 unspecified atom stereocenters. The first-order valence-corrected chi connectivity index (χ1v) is 15.2. The van der Waals surface area contributed by atoms with Crippen LogP contribution in [0.1, 0.15) is 59.6 Å². The van der Waals surface area contributed by atoms with Crippen molar-refractivity contribution in [3.05, 3.63) is 101 Å². The standard InChI is InChI=1S/C31H26BrNO2.2C3H8O.Ti/c1-31(2,3)22-16-21(30(35)25(32)17-22)18-33-26-14-12-19-8-4-6-10-23(19)28(26)29-24-11-7-5-9-20(24)13-15-27(29)34;2*1-3(2)4;/h4-18,34-35H,1-3H3;2*3-4H,1-2H3;. The Morgan fingerprint density at radius 2 is 1.18 bits per heavy atom. The van der Waals surface area contributed by atoms with Crippen LogP contribution in [-0.4, -0.2) is 38.8 Å². The fourth-order valence-electron chi connectivity index (χ4n) is 4.44. The van der Waals surface area contributed by atoms with Gasteiger partial charge < -0.3 is 20.4 Å². The molecule has 7 heteroatoms. The van der Waals surface area contributed by atoms with Crippen molar-refractivity contribution in [1.29, 1.82) is 0 Å². The van der Waals surface area contributed by atoms with E-state index in [9.17, 15) is 10.2 Å². The molecule has 44 heavy (non-hydrogen) atoms.